The summed E-state index contributed by atoms with van der Waals surface area (Å²) in [7, 11) is 0. The summed E-state index contributed by atoms with van der Waals surface area (Å²) in [6.45, 7) is 4.38. The Morgan fingerprint density at radius 3 is 2.62 bits per heavy atom. The third-order valence-electron chi connectivity index (χ3n) is 1.98. The van der Waals surface area contributed by atoms with Gasteiger partial charge in [-0.15, -0.1) is 11.8 Å². The summed E-state index contributed by atoms with van der Waals surface area (Å²) in [5.41, 5.74) is 1.48. The van der Waals surface area contributed by atoms with E-state index in [1.165, 1.54) is 10.5 Å². The lowest BCUT2D eigenvalue weighted by molar-refractivity contribution is 1.09. The van der Waals surface area contributed by atoms with Gasteiger partial charge in [-0.05, 0) is 25.5 Å². The molecular weight excluding hydrogens is 176 g/mol. The minimum Gasteiger partial charge on any atom is -0.122 e. The number of hydrogen-bond donors (Lipinski definition) is 0. The van der Waals surface area contributed by atoms with Crippen molar-refractivity contribution in [1.82, 2.24) is 0 Å². The second kappa shape index (κ2) is 5.87. The molecule has 1 aromatic rings. The van der Waals surface area contributed by atoms with E-state index in [-0.39, 0.29) is 0 Å². The standard InChI is InChI=1S/C12H16S/c1-3-11(2)9-10-13-12-7-5-4-6-8-12/h4-9H,3,10H2,1-2H3/b11-9+. The monoisotopic (exact) mass is 192 g/mol. The Balaban J connectivity index is 2.36. The van der Waals surface area contributed by atoms with Crippen LogP contribution in [0.3, 0.4) is 0 Å². The van der Waals surface area contributed by atoms with Gasteiger partial charge in [-0.1, -0.05) is 36.8 Å². The predicted octanol–water partition coefficient (Wildman–Crippen LogP) is 4.14. The lowest BCUT2D eigenvalue weighted by atomic mass is 10.2. The van der Waals surface area contributed by atoms with Crippen molar-refractivity contribution in [3.8, 4) is 0 Å². The third-order valence-corrected chi connectivity index (χ3v) is 2.92. The van der Waals surface area contributed by atoms with Crippen molar-refractivity contribution >= 4 is 11.8 Å². The number of allylic oxidation sites excluding steroid dienone is 1. The maximum atomic E-state index is 2.30. The lowest BCUT2D eigenvalue weighted by Crippen LogP contribution is -1.76. The van der Waals surface area contributed by atoms with Crippen LogP contribution in [0.4, 0.5) is 0 Å². The smallest absolute Gasteiger partial charge is 0.0163 e. The molecule has 70 valence electrons. The predicted molar refractivity (Wildman–Crippen MR) is 61.2 cm³/mol. The summed E-state index contributed by atoms with van der Waals surface area (Å²) in [4.78, 5) is 1.35. The van der Waals surface area contributed by atoms with Crippen molar-refractivity contribution in [2.24, 2.45) is 0 Å². The molecule has 0 atom stereocenters. The fourth-order valence-electron chi connectivity index (χ4n) is 0.941. The average Bonchev–Trinajstić information content (AvgIpc) is 2.19. The molecule has 1 rings (SSSR count). The van der Waals surface area contributed by atoms with Gasteiger partial charge in [0.15, 0.2) is 0 Å². The van der Waals surface area contributed by atoms with Crippen LogP contribution in [0, 0.1) is 0 Å². The van der Waals surface area contributed by atoms with Crippen molar-refractivity contribution in [2.45, 2.75) is 25.2 Å². The van der Waals surface area contributed by atoms with E-state index in [1.807, 2.05) is 11.8 Å². The van der Waals surface area contributed by atoms with Crippen LogP contribution in [0.5, 0.6) is 0 Å². The SMILES string of the molecule is CC/C(C)=C/CSc1ccccc1. The van der Waals surface area contributed by atoms with Crippen molar-refractivity contribution < 1.29 is 0 Å². The van der Waals surface area contributed by atoms with Gasteiger partial charge in [-0.25, -0.2) is 0 Å². The normalized spacial score (nSPS) is 11.7. The highest BCUT2D eigenvalue weighted by Gasteiger charge is 1.89. The maximum Gasteiger partial charge on any atom is 0.0163 e. The molecule has 0 aliphatic carbocycles. The molecule has 0 N–H and O–H groups in total. The van der Waals surface area contributed by atoms with E-state index >= 15 is 0 Å². The fourth-order valence-corrected chi connectivity index (χ4v) is 1.85. The summed E-state index contributed by atoms with van der Waals surface area (Å²) < 4.78 is 0. The van der Waals surface area contributed by atoms with Crippen molar-refractivity contribution in [3.63, 3.8) is 0 Å². The summed E-state index contributed by atoms with van der Waals surface area (Å²) in [5.74, 6) is 1.09. The Kier molecular flexibility index (Phi) is 4.69. The van der Waals surface area contributed by atoms with E-state index in [4.69, 9.17) is 0 Å². The molecule has 0 aromatic heterocycles. The van der Waals surface area contributed by atoms with E-state index in [0.717, 1.165) is 12.2 Å². The first-order chi connectivity index (χ1) is 6.33. The molecule has 1 heteroatoms. The van der Waals surface area contributed by atoms with Crippen molar-refractivity contribution in [3.05, 3.63) is 42.0 Å². The molecule has 0 nitrogen and oxygen atoms in total. The lowest BCUT2D eigenvalue weighted by Gasteiger charge is -1.98. The molecule has 0 spiro atoms. The Bertz CT molecular complexity index is 262. The molecular formula is C12H16S. The third kappa shape index (κ3) is 4.18. The summed E-state index contributed by atoms with van der Waals surface area (Å²) >= 11 is 1.89. The average molecular weight is 192 g/mol. The second-order valence-electron chi connectivity index (χ2n) is 3.03. The first-order valence-electron chi connectivity index (χ1n) is 4.66. The van der Waals surface area contributed by atoms with Crippen LogP contribution in [0.15, 0.2) is 46.9 Å². The highest BCUT2D eigenvalue weighted by molar-refractivity contribution is 7.99. The minimum absolute atomic E-state index is 1.09. The summed E-state index contributed by atoms with van der Waals surface area (Å²) in [6, 6.07) is 10.5. The molecule has 0 aliphatic heterocycles. The molecule has 0 heterocycles. The molecule has 0 unspecified atom stereocenters. The number of hydrogen-bond acceptors (Lipinski definition) is 1. The molecule has 0 saturated carbocycles. The zero-order chi connectivity index (χ0) is 9.52. The molecule has 0 saturated heterocycles. The first kappa shape index (κ1) is 10.4. The number of rotatable bonds is 4. The Morgan fingerprint density at radius 2 is 2.00 bits per heavy atom. The maximum absolute atomic E-state index is 2.30. The molecule has 1 aromatic carbocycles. The Labute approximate surface area is 85.1 Å². The zero-order valence-corrected chi connectivity index (χ0v) is 9.10. The highest BCUT2D eigenvalue weighted by Crippen LogP contribution is 2.17. The number of thioether (sulfide) groups is 1. The second-order valence-corrected chi connectivity index (χ2v) is 4.12. The quantitative estimate of drug-likeness (QED) is 0.510. The molecule has 0 fully saturated rings. The van der Waals surface area contributed by atoms with E-state index in [2.05, 4.69) is 50.3 Å². The molecule has 0 aliphatic rings. The summed E-state index contributed by atoms with van der Waals surface area (Å²) in [5, 5.41) is 0. The Hall–Kier alpha value is -0.690. The van der Waals surface area contributed by atoms with Crippen LogP contribution in [0.1, 0.15) is 20.3 Å². The van der Waals surface area contributed by atoms with Crippen molar-refractivity contribution in [2.75, 3.05) is 5.75 Å². The van der Waals surface area contributed by atoms with E-state index in [0.29, 0.717) is 0 Å². The molecule has 0 bridgehead atoms. The van der Waals surface area contributed by atoms with Gasteiger partial charge in [0.1, 0.15) is 0 Å². The van der Waals surface area contributed by atoms with Crippen LogP contribution in [0.25, 0.3) is 0 Å². The van der Waals surface area contributed by atoms with Gasteiger partial charge < -0.3 is 0 Å². The molecule has 0 radical (unpaired) electrons. The van der Waals surface area contributed by atoms with Gasteiger partial charge in [-0.3, -0.25) is 0 Å². The van der Waals surface area contributed by atoms with Gasteiger partial charge in [-0.2, -0.15) is 0 Å². The Morgan fingerprint density at radius 1 is 1.31 bits per heavy atom. The first-order valence-corrected chi connectivity index (χ1v) is 5.65. The van der Waals surface area contributed by atoms with Gasteiger partial charge in [0.05, 0.1) is 0 Å². The van der Waals surface area contributed by atoms with Gasteiger partial charge >= 0.3 is 0 Å². The van der Waals surface area contributed by atoms with Gasteiger partial charge in [0, 0.05) is 10.6 Å². The van der Waals surface area contributed by atoms with E-state index in [1.54, 1.807) is 0 Å². The zero-order valence-electron chi connectivity index (χ0n) is 8.29. The van der Waals surface area contributed by atoms with Crippen LogP contribution in [-0.4, -0.2) is 5.75 Å². The van der Waals surface area contributed by atoms with Gasteiger partial charge in [0.25, 0.3) is 0 Å². The topological polar surface area (TPSA) is 0 Å². The highest BCUT2D eigenvalue weighted by atomic mass is 32.2. The van der Waals surface area contributed by atoms with Gasteiger partial charge in [0.2, 0.25) is 0 Å². The largest absolute Gasteiger partial charge is 0.122 e. The van der Waals surface area contributed by atoms with Crippen LogP contribution < -0.4 is 0 Å². The van der Waals surface area contributed by atoms with Crippen LogP contribution in [-0.2, 0) is 0 Å². The summed E-state index contributed by atoms with van der Waals surface area (Å²) in [6.07, 6.45) is 3.47. The van der Waals surface area contributed by atoms with E-state index < -0.39 is 0 Å². The fraction of sp³-hybridized carbons (Fsp3) is 0.333. The molecule has 0 amide bonds. The van der Waals surface area contributed by atoms with Crippen molar-refractivity contribution in [1.29, 1.82) is 0 Å². The minimum atomic E-state index is 1.09. The van der Waals surface area contributed by atoms with Crippen LogP contribution >= 0.6 is 11.8 Å². The number of benzene rings is 1. The molecule has 13 heavy (non-hydrogen) atoms. The van der Waals surface area contributed by atoms with E-state index in [9.17, 15) is 0 Å². The van der Waals surface area contributed by atoms with Crippen LogP contribution in [0.2, 0.25) is 0 Å².